The van der Waals surface area contributed by atoms with Crippen LogP contribution in [0.3, 0.4) is 0 Å². The normalized spacial score (nSPS) is 29.8. The molecule has 3 aliphatic rings. The topological polar surface area (TPSA) is 46.9 Å². The van der Waals surface area contributed by atoms with E-state index in [1.54, 1.807) is 6.92 Å². The first kappa shape index (κ1) is 19.1. The molecule has 1 amide bonds. The maximum Gasteiger partial charge on any atom is 0.436 e. The maximum atomic E-state index is 13.2. The fourth-order valence-electron chi connectivity index (χ4n) is 5.10. The summed E-state index contributed by atoms with van der Waals surface area (Å²) in [5.41, 5.74) is -0.744. The lowest BCUT2D eigenvalue weighted by Gasteiger charge is -2.29. The Bertz CT molecular complexity index is 743. The summed E-state index contributed by atoms with van der Waals surface area (Å²) in [6.07, 6.45) is 1.82. The van der Waals surface area contributed by atoms with Gasteiger partial charge in [-0.1, -0.05) is 18.0 Å². The van der Waals surface area contributed by atoms with Gasteiger partial charge in [0, 0.05) is 12.0 Å². The number of nitrogens with zero attached hydrogens (tertiary/aromatic N) is 2. The number of hydrogen-bond donors (Lipinski definition) is 1. The molecule has 5 atom stereocenters. The number of fused-ring (bicyclic) bond motifs is 2. The molecule has 0 aromatic carbocycles. The number of hydrogen-bond acceptors (Lipinski definition) is 2. The molecule has 4 rings (SSSR count). The monoisotopic (exact) mass is 403 g/mol. The number of halogens is 4. The maximum absolute atomic E-state index is 13.2. The fourth-order valence-corrected chi connectivity index (χ4v) is 5.48. The van der Waals surface area contributed by atoms with Gasteiger partial charge >= 0.3 is 6.18 Å². The predicted molar refractivity (Wildman–Crippen MR) is 95.5 cm³/mol. The first-order valence-electron chi connectivity index (χ1n) is 9.82. The minimum Gasteiger partial charge on any atom is -0.352 e. The zero-order valence-electron chi connectivity index (χ0n) is 15.5. The van der Waals surface area contributed by atoms with Crippen molar-refractivity contribution in [2.45, 2.75) is 76.6 Å². The quantitative estimate of drug-likeness (QED) is 0.757. The summed E-state index contributed by atoms with van der Waals surface area (Å²) in [5.74, 6) is 1.57. The molecule has 1 N–H and O–H groups in total. The number of nitrogens with one attached hydrogen (secondary N) is 1. The molecule has 0 radical (unpaired) electrons. The summed E-state index contributed by atoms with van der Waals surface area (Å²) in [6.45, 7) is 3.60. The summed E-state index contributed by atoms with van der Waals surface area (Å²) < 4.78 is 40.9. The van der Waals surface area contributed by atoms with E-state index in [0.29, 0.717) is 17.5 Å². The molecule has 3 aliphatic carbocycles. The molecule has 2 bridgehead atoms. The zero-order valence-corrected chi connectivity index (χ0v) is 16.3. The van der Waals surface area contributed by atoms with Gasteiger partial charge in [0.1, 0.15) is 6.04 Å². The molecule has 27 heavy (non-hydrogen) atoms. The van der Waals surface area contributed by atoms with Crippen molar-refractivity contribution >= 4 is 17.5 Å². The minimum atomic E-state index is -4.63. The van der Waals surface area contributed by atoms with Crippen molar-refractivity contribution in [3.05, 3.63) is 16.4 Å². The first-order valence-corrected chi connectivity index (χ1v) is 10.2. The lowest BCUT2D eigenvalue weighted by molar-refractivity contribution is -0.142. The highest BCUT2D eigenvalue weighted by Gasteiger charge is 2.44. The van der Waals surface area contributed by atoms with Gasteiger partial charge in [0.05, 0.1) is 10.7 Å². The number of carbonyl (C=O) groups excluding carboxylic acids is 1. The summed E-state index contributed by atoms with van der Waals surface area (Å²) in [7, 11) is 0. The fraction of sp³-hybridized carbons (Fsp3) is 0.789. The largest absolute Gasteiger partial charge is 0.436 e. The zero-order chi connectivity index (χ0) is 19.5. The van der Waals surface area contributed by atoms with E-state index in [0.717, 1.165) is 25.2 Å². The van der Waals surface area contributed by atoms with Gasteiger partial charge in [-0.05, 0) is 63.7 Å². The van der Waals surface area contributed by atoms with Crippen LogP contribution in [-0.2, 0) is 11.0 Å². The molecule has 1 aromatic heterocycles. The molecule has 0 aliphatic heterocycles. The summed E-state index contributed by atoms with van der Waals surface area (Å²) in [4.78, 5) is 12.8. The molecule has 8 heteroatoms. The molecular weight excluding hydrogens is 379 g/mol. The van der Waals surface area contributed by atoms with Crippen molar-refractivity contribution in [3.8, 4) is 0 Å². The summed E-state index contributed by atoms with van der Waals surface area (Å²) >= 11 is 6.01. The Balaban J connectivity index is 1.52. The molecule has 1 aromatic rings. The van der Waals surface area contributed by atoms with Crippen LogP contribution >= 0.6 is 11.6 Å². The Morgan fingerprint density at radius 1 is 1.22 bits per heavy atom. The van der Waals surface area contributed by atoms with Gasteiger partial charge in [0.2, 0.25) is 5.91 Å². The van der Waals surface area contributed by atoms with E-state index in [2.05, 4.69) is 10.4 Å². The van der Waals surface area contributed by atoms with E-state index in [1.165, 1.54) is 23.9 Å². The Morgan fingerprint density at radius 2 is 1.93 bits per heavy atom. The average Bonchev–Trinajstić information content (AvgIpc) is 3.04. The van der Waals surface area contributed by atoms with Gasteiger partial charge in [-0.2, -0.15) is 18.3 Å². The number of aromatic nitrogens is 2. The molecular formula is C19H25ClF3N3O. The van der Waals surface area contributed by atoms with Gasteiger partial charge in [-0.25, -0.2) is 0 Å². The lowest BCUT2D eigenvalue weighted by atomic mass is 9.84. The van der Waals surface area contributed by atoms with Crippen LogP contribution in [0.2, 0.25) is 5.02 Å². The molecule has 0 saturated heterocycles. The highest BCUT2D eigenvalue weighted by molar-refractivity contribution is 6.32. The summed E-state index contributed by atoms with van der Waals surface area (Å²) in [6, 6.07) is -0.803. The van der Waals surface area contributed by atoms with Crippen LogP contribution in [0.1, 0.15) is 75.7 Å². The van der Waals surface area contributed by atoms with Crippen LogP contribution in [0.25, 0.3) is 0 Å². The Hall–Kier alpha value is -1.24. The second-order valence-electron chi connectivity index (χ2n) is 8.58. The predicted octanol–water partition coefficient (Wildman–Crippen LogP) is 4.93. The van der Waals surface area contributed by atoms with Crippen molar-refractivity contribution in [3.63, 3.8) is 0 Å². The van der Waals surface area contributed by atoms with Gasteiger partial charge in [-0.15, -0.1) is 0 Å². The summed E-state index contributed by atoms with van der Waals surface area (Å²) in [5, 5.41) is 6.38. The van der Waals surface area contributed by atoms with Gasteiger partial charge < -0.3 is 5.32 Å². The van der Waals surface area contributed by atoms with Crippen molar-refractivity contribution in [1.29, 1.82) is 0 Å². The molecule has 5 unspecified atom stereocenters. The van der Waals surface area contributed by atoms with Crippen molar-refractivity contribution in [2.24, 2.45) is 17.8 Å². The smallest absolute Gasteiger partial charge is 0.352 e. The highest BCUT2D eigenvalue weighted by Crippen LogP contribution is 2.50. The van der Waals surface area contributed by atoms with E-state index in [1.807, 2.05) is 6.92 Å². The van der Waals surface area contributed by atoms with E-state index in [-0.39, 0.29) is 22.9 Å². The van der Waals surface area contributed by atoms with Gasteiger partial charge in [-0.3, -0.25) is 9.48 Å². The number of amides is 1. The Kier molecular flexibility index (Phi) is 4.72. The second kappa shape index (κ2) is 6.68. The SMILES string of the molecule is CC(NC(=O)C(C)n1nc(C(F)(F)F)c(Cl)c1C1CC1)C1CC2CCC1C2. The molecule has 0 spiro atoms. The van der Waals surface area contributed by atoms with Crippen LogP contribution in [0.4, 0.5) is 13.2 Å². The molecule has 1 heterocycles. The number of rotatable bonds is 5. The van der Waals surface area contributed by atoms with Crippen LogP contribution in [-0.4, -0.2) is 21.7 Å². The lowest BCUT2D eigenvalue weighted by Crippen LogP contribution is -2.43. The third kappa shape index (κ3) is 3.47. The van der Waals surface area contributed by atoms with Crippen molar-refractivity contribution < 1.29 is 18.0 Å². The Labute approximate surface area is 161 Å². The molecule has 150 valence electrons. The molecule has 4 nitrogen and oxygen atoms in total. The number of carbonyl (C=O) groups is 1. The van der Waals surface area contributed by atoms with Crippen molar-refractivity contribution in [2.75, 3.05) is 0 Å². The second-order valence-corrected chi connectivity index (χ2v) is 8.95. The van der Waals surface area contributed by atoms with Gasteiger partial charge in [0.25, 0.3) is 0 Å². The highest BCUT2D eigenvalue weighted by atomic mass is 35.5. The Morgan fingerprint density at radius 3 is 2.44 bits per heavy atom. The van der Waals surface area contributed by atoms with E-state index < -0.39 is 17.9 Å². The van der Waals surface area contributed by atoms with Crippen LogP contribution in [0.5, 0.6) is 0 Å². The van der Waals surface area contributed by atoms with E-state index in [4.69, 9.17) is 11.6 Å². The van der Waals surface area contributed by atoms with Crippen molar-refractivity contribution in [1.82, 2.24) is 15.1 Å². The van der Waals surface area contributed by atoms with Gasteiger partial charge in [0.15, 0.2) is 5.69 Å². The van der Waals surface area contributed by atoms with Crippen LogP contribution < -0.4 is 5.32 Å². The average molecular weight is 404 g/mol. The third-order valence-corrected chi connectivity index (χ3v) is 7.04. The first-order chi connectivity index (χ1) is 12.7. The minimum absolute atomic E-state index is 0.0211. The standard InChI is InChI=1S/C19H25ClF3N3O/c1-9(14-8-11-3-4-13(14)7-11)24-18(27)10(2)26-16(12-5-6-12)15(20)17(25-26)19(21,22)23/h9-14H,3-8H2,1-2H3,(H,24,27). The van der Waals surface area contributed by atoms with Crippen LogP contribution in [0.15, 0.2) is 0 Å². The van der Waals surface area contributed by atoms with E-state index >= 15 is 0 Å². The number of alkyl halides is 3. The van der Waals surface area contributed by atoms with E-state index in [9.17, 15) is 18.0 Å². The molecule has 3 fully saturated rings. The van der Waals surface area contributed by atoms with Crippen LogP contribution in [0, 0.1) is 17.8 Å². The molecule has 3 saturated carbocycles. The third-order valence-electron chi connectivity index (χ3n) is 6.67.